The maximum absolute atomic E-state index is 13.0. The van der Waals surface area contributed by atoms with Gasteiger partial charge in [-0.2, -0.15) is 0 Å². The molecule has 20 heavy (non-hydrogen) atoms. The first-order chi connectivity index (χ1) is 9.45. The van der Waals surface area contributed by atoms with Crippen LogP contribution in [-0.4, -0.2) is 50.6 Å². The highest BCUT2D eigenvalue weighted by Gasteiger charge is 2.16. The van der Waals surface area contributed by atoms with E-state index in [1.165, 1.54) is 30.1 Å². The second-order valence-electron chi connectivity index (χ2n) is 4.46. The molecule has 0 radical (unpaired) electrons. The zero-order valence-corrected chi connectivity index (χ0v) is 11.9. The Labute approximate surface area is 117 Å². The normalized spacial score (nSPS) is 10.2. The summed E-state index contributed by atoms with van der Waals surface area (Å²) in [6.45, 7) is 2.41. The van der Waals surface area contributed by atoms with Crippen LogP contribution < -0.4 is 5.32 Å². The maximum Gasteiger partial charge on any atom is 0.254 e. The largest absolute Gasteiger partial charge is 0.383 e. The molecule has 0 saturated carbocycles. The number of hydrogen-bond donors (Lipinski definition) is 1. The number of rotatable bonds is 6. The summed E-state index contributed by atoms with van der Waals surface area (Å²) >= 11 is 0. The van der Waals surface area contributed by atoms with Crippen molar-refractivity contribution in [3.8, 4) is 0 Å². The predicted octanol–water partition coefficient (Wildman–Crippen LogP) is 0.969. The molecule has 6 heteroatoms. The number of halogens is 1. The van der Waals surface area contributed by atoms with E-state index in [1.807, 2.05) is 0 Å². The van der Waals surface area contributed by atoms with Crippen molar-refractivity contribution in [1.82, 2.24) is 10.2 Å². The van der Waals surface area contributed by atoms with Gasteiger partial charge in [0.2, 0.25) is 5.91 Å². The Morgan fingerprint density at radius 1 is 1.40 bits per heavy atom. The molecular weight excluding hydrogens is 263 g/mol. The third-order valence-electron chi connectivity index (χ3n) is 2.77. The molecule has 0 spiro atoms. The van der Waals surface area contributed by atoms with E-state index in [2.05, 4.69) is 5.32 Å². The van der Waals surface area contributed by atoms with Crippen LogP contribution in [0.15, 0.2) is 18.2 Å². The minimum absolute atomic E-state index is 0.0562. The number of hydrogen-bond acceptors (Lipinski definition) is 3. The number of likely N-dealkylation sites (N-methyl/N-ethyl adjacent to an activating group) is 1. The number of benzene rings is 1. The summed E-state index contributed by atoms with van der Waals surface area (Å²) in [7, 11) is 3.07. The van der Waals surface area contributed by atoms with E-state index in [9.17, 15) is 14.0 Å². The molecule has 1 aromatic carbocycles. The molecule has 0 heterocycles. The molecule has 0 unspecified atom stereocenters. The van der Waals surface area contributed by atoms with Crippen molar-refractivity contribution >= 4 is 11.8 Å². The summed E-state index contributed by atoms with van der Waals surface area (Å²) in [5.74, 6) is -0.971. The highest BCUT2D eigenvalue weighted by molar-refractivity contribution is 5.97. The minimum atomic E-state index is -0.390. The van der Waals surface area contributed by atoms with E-state index in [4.69, 9.17) is 4.74 Å². The number of nitrogens with zero attached hydrogens (tertiary/aromatic N) is 1. The molecule has 0 aliphatic carbocycles. The predicted molar refractivity (Wildman–Crippen MR) is 73.0 cm³/mol. The molecule has 0 aliphatic heterocycles. The molecule has 110 valence electrons. The summed E-state index contributed by atoms with van der Waals surface area (Å²) in [5, 5.41) is 2.63. The smallest absolute Gasteiger partial charge is 0.254 e. The summed E-state index contributed by atoms with van der Waals surface area (Å²) < 4.78 is 17.8. The Bertz CT molecular complexity index is 491. The van der Waals surface area contributed by atoms with Crippen LogP contribution in [0.5, 0.6) is 0 Å². The van der Waals surface area contributed by atoms with Gasteiger partial charge in [0, 0.05) is 26.3 Å². The monoisotopic (exact) mass is 282 g/mol. The topological polar surface area (TPSA) is 58.6 Å². The van der Waals surface area contributed by atoms with Crippen LogP contribution in [0.4, 0.5) is 4.39 Å². The summed E-state index contributed by atoms with van der Waals surface area (Å²) in [5.41, 5.74) is 0.931. The van der Waals surface area contributed by atoms with E-state index in [-0.39, 0.29) is 24.2 Å². The van der Waals surface area contributed by atoms with Crippen LogP contribution in [0, 0.1) is 12.7 Å². The maximum atomic E-state index is 13.0. The lowest BCUT2D eigenvalue weighted by atomic mass is 10.1. The standard InChI is InChI=1S/C14H19FN2O3/c1-10-8-11(15)4-5-12(10)14(19)17(2)9-13(18)16-6-7-20-3/h4-5,8H,6-7,9H2,1-3H3,(H,16,18). The number of carbonyl (C=O) groups is 2. The highest BCUT2D eigenvalue weighted by atomic mass is 19.1. The number of nitrogens with one attached hydrogen (secondary N) is 1. The van der Waals surface area contributed by atoms with Gasteiger partial charge in [0.25, 0.3) is 5.91 Å². The number of methoxy groups -OCH3 is 1. The SMILES string of the molecule is COCCNC(=O)CN(C)C(=O)c1ccc(F)cc1C. The Morgan fingerprint density at radius 3 is 2.70 bits per heavy atom. The summed E-state index contributed by atoms with van der Waals surface area (Å²) in [6, 6.07) is 3.94. The van der Waals surface area contributed by atoms with Crippen LogP contribution in [0.25, 0.3) is 0 Å². The Balaban J connectivity index is 2.60. The summed E-state index contributed by atoms with van der Waals surface area (Å²) in [4.78, 5) is 25.0. The van der Waals surface area contributed by atoms with Gasteiger partial charge in [-0.25, -0.2) is 4.39 Å². The zero-order valence-electron chi connectivity index (χ0n) is 11.9. The van der Waals surface area contributed by atoms with Gasteiger partial charge in [0.1, 0.15) is 5.82 Å². The van der Waals surface area contributed by atoms with Crippen molar-refractivity contribution in [2.24, 2.45) is 0 Å². The van der Waals surface area contributed by atoms with Gasteiger partial charge in [-0.15, -0.1) is 0 Å². The average Bonchev–Trinajstić information content (AvgIpc) is 2.38. The molecule has 5 nitrogen and oxygen atoms in total. The van der Waals surface area contributed by atoms with Gasteiger partial charge < -0.3 is 15.0 Å². The van der Waals surface area contributed by atoms with E-state index in [0.717, 1.165) is 0 Å². The summed E-state index contributed by atoms with van der Waals surface area (Å²) in [6.07, 6.45) is 0. The van der Waals surface area contributed by atoms with Crippen LogP contribution in [0.2, 0.25) is 0 Å². The van der Waals surface area contributed by atoms with E-state index in [1.54, 1.807) is 14.0 Å². The fourth-order valence-electron chi connectivity index (χ4n) is 1.71. The first kappa shape index (κ1) is 16.1. The molecule has 0 saturated heterocycles. The Kier molecular flexibility index (Phi) is 6.11. The van der Waals surface area contributed by atoms with Crippen molar-refractivity contribution in [2.45, 2.75) is 6.92 Å². The highest BCUT2D eigenvalue weighted by Crippen LogP contribution is 2.12. The third-order valence-corrected chi connectivity index (χ3v) is 2.77. The van der Waals surface area contributed by atoms with E-state index >= 15 is 0 Å². The van der Waals surface area contributed by atoms with Crippen molar-refractivity contribution in [3.63, 3.8) is 0 Å². The number of ether oxygens (including phenoxy) is 1. The number of aryl methyl sites for hydroxylation is 1. The lowest BCUT2D eigenvalue weighted by molar-refractivity contribution is -0.121. The Morgan fingerprint density at radius 2 is 2.10 bits per heavy atom. The van der Waals surface area contributed by atoms with Crippen LogP contribution in [0.1, 0.15) is 15.9 Å². The molecule has 0 aromatic heterocycles. The quantitative estimate of drug-likeness (QED) is 0.791. The lowest BCUT2D eigenvalue weighted by Gasteiger charge is -2.18. The molecule has 0 atom stereocenters. The van der Waals surface area contributed by atoms with E-state index in [0.29, 0.717) is 24.3 Å². The zero-order chi connectivity index (χ0) is 15.1. The molecule has 0 fully saturated rings. The van der Waals surface area contributed by atoms with Gasteiger partial charge in [-0.1, -0.05) is 0 Å². The fraction of sp³-hybridized carbons (Fsp3) is 0.429. The first-order valence-electron chi connectivity index (χ1n) is 6.23. The van der Waals surface area contributed by atoms with Crippen molar-refractivity contribution in [3.05, 3.63) is 35.1 Å². The fourth-order valence-corrected chi connectivity index (χ4v) is 1.71. The molecule has 0 bridgehead atoms. The third kappa shape index (κ3) is 4.62. The van der Waals surface area contributed by atoms with Crippen molar-refractivity contribution < 1.29 is 18.7 Å². The van der Waals surface area contributed by atoms with Crippen LogP contribution in [0.3, 0.4) is 0 Å². The second kappa shape index (κ2) is 7.59. The van der Waals surface area contributed by atoms with Gasteiger partial charge in [0.05, 0.1) is 13.2 Å². The van der Waals surface area contributed by atoms with Crippen molar-refractivity contribution in [2.75, 3.05) is 33.9 Å². The minimum Gasteiger partial charge on any atom is -0.383 e. The van der Waals surface area contributed by atoms with Gasteiger partial charge in [0.15, 0.2) is 0 Å². The average molecular weight is 282 g/mol. The molecule has 1 N–H and O–H groups in total. The number of carbonyl (C=O) groups excluding carboxylic acids is 2. The van der Waals surface area contributed by atoms with E-state index < -0.39 is 0 Å². The molecule has 1 rings (SSSR count). The Hall–Kier alpha value is -1.95. The van der Waals surface area contributed by atoms with Crippen LogP contribution in [-0.2, 0) is 9.53 Å². The first-order valence-corrected chi connectivity index (χ1v) is 6.23. The second-order valence-corrected chi connectivity index (χ2v) is 4.46. The van der Waals surface area contributed by atoms with Gasteiger partial charge in [-0.05, 0) is 30.7 Å². The molecule has 1 aromatic rings. The van der Waals surface area contributed by atoms with Gasteiger partial charge >= 0.3 is 0 Å². The molecule has 2 amide bonds. The van der Waals surface area contributed by atoms with Gasteiger partial charge in [-0.3, -0.25) is 9.59 Å². The molecular formula is C14H19FN2O3. The lowest BCUT2D eigenvalue weighted by Crippen LogP contribution is -2.39. The van der Waals surface area contributed by atoms with Crippen LogP contribution >= 0.6 is 0 Å². The number of amides is 2. The van der Waals surface area contributed by atoms with Crippen molar-refractivity contribution in [1.29, 1.82) is 0 Å². The molecule has 0 aliphatic rings.